The predicted molar refractivity (Wildman–Crippen MR) is 121 cm³/mol. The molecule has 0 aliphatic heterocycles. The van der Waals surface area contributed by atoms with Crippen molar-refractivity contribution in [2.24, 2.45) is 5.92 Å². The van der Waals surface area contributed by atoms with E-state index in [0.29, 0.717) is 11.8 Å². The molecule has 3 aromatic carbocycles. The number of hydrogen-bond donors (Lipinski definition) is 0. The van der Waals surface area contributed by atoms with E-state index in [0.717, 1.165) is 17.0 Å². The standard InChI is InChI=1S/C28H28FN/c1-20(22-5-3-2-4-6-22)17-21-7-9-23(10-8-21)24-11-13-25(14-12-24)26-15-16-27(19-30)28(29)18-26/h2-6,11-16,18,20-21,23H,7-10,17H2,1H3. The van der Waals surface area contributed by atoms with Crippen LogP contribution in [-0.2, 0) is 0 Å². The van der Waals surface area contributed by atoms with E-state index in [2.05, 4.69) is 61.5 Å². The van der Waals surface area contributed by atoms with Crippen LogP contribution >= 0.6 is 0 Å². The Balaban J connectivity index is 1.35. The van der Waals surface area contributed by atoms with E-state index >= 15 is 0 Å². The molecule has 3 aromatic rings. The fourth-order valence-electron chi connectivity index (χ4n) is 4.88. The first-order valence-electron chi connectivity index (χ1n) is 11.0. The molecule has 0 amide bonds. The SMILES string of the molecule is CC(CC1CCC(c2ccc(-c3ccc(C#N)c(F)c3)cc2)CC1)c1ccccc1. The van der Waals surface area contributed by atoms with Crippen molar-refractivity contribution in [2.75, 3.05) is 0 Å². The van der Waals surface area contributed by atoms with E-state index < -0.39 is 5.82 Å². The molecule has 30 heavy (non-hydrogen) atoms. The summed E-state index contributed by atoms with van der Waals surface area (Å²) in [6, 6.07) is 26.1. The average Bonchev–Trinajstić information content (AvgIpc) is 2.80. The summed E-state index contributed by atoms with van der Waals surface area (Å²) in [6.45, 7) is 2.35. The van der Waals surface area contributed by atoms with Gasteiger partial charge in [0.2, 0.25) is 0 Å². The maximum atomic E-state index is 13.9. The van der Waals surface area contributed by atoms with Crippen molar-refractivity contribution in [3.8, 4) is 17.2 Å². The molecule has 0 N–H and O–H groups in total. The fourth-order valence-corrected chi connectivity index (χ4v) is 4.88. The minimum Gasteiger partial charge on any atom is -0.206 e. The molecule has 1 saturated carbocycles. The second kappa shape index (κ2) is 9.26. The number of rotatable bonds is 5. The van der Waals surface area contributed by atoms with Crippen LogP contribution in [-0.4, -0.2) is 0 Å². The summed E-state index contributed by atoms with van der Waals surface area (Å²) in [7, 11) is 0. The molecule has 2 heteroatoms. The van der Waals surface area contributed by atoms with Crippen LogP contribution in [0, 0.1) is 23.1 Å². The summed E-state index contributed by atoms with van der Waals surface area (Å²) in [5, 5.41) is 8.90. The van der Waals surface area contributed by atoms with Gasteiger partial charge in [0.1, 0.15) is 11.9 Å². The van der Waals surface area contributed by atoms with Gasteiger partial charge in [0.15, 0.2) is 0 Å². The van der Waals surface area contributed by atoms with Crippen molar-refractivity contribution in [1.82, 2.24) is 0 Å². The Bertz CT molecular complexity index is 1010. The molecule has 1 unspecified atom stereocenters. The maximum Gasteiger partial charge on any atom is 0.141 e. The third-order valence-electron chi connectivity index (χ3n) is 6.71. The van der Waals surface area contributed by atoms with Crippen LogP contribution in [0.5, 0.6) is 0 Å². The molecular formula is C28H28FN. The maximum absolute atomic E-state index is 13.9. The topological polar surface area (TPSA) is 23.8 Å². The van der Waals surface area contributed by atoms with Gasteiger partial charge in [-0.25, -0.2) is 4.39 Å². The molecule has 0 aromatic heterocycles. The van der Waals surface area contributed by atoms with Crippen molar-refractivity contribution in [1.29, 1.82) is 5.26 Å². The first-order valence-corrected chi connectivity index (χ1v) is 11.0. The van der Waals surface area contributed by atoms with Crippen LogP contribution in [0.4, 0.5) is 4.39 Å². The van der Waals surface area contributed by atoms with Gasteiger partial charge in [-0.1, -0.05) is 67.6 Å². The Kier molecular flexibility index (Phi) is 6.29. The second-order valence-corrected chi connectivity index (χ2v) is 8.69. The van der Waals surface area contributed by atoms with Gasteiger partial charge in [-0.3, -0.25) is 0 Å². The lowest BCUT2D eigenvalue weighted by molar-refractivity contribution is 0.297. The molecule has 0 spiro atoms. The highest BCUT2D eigenvalue weighted by Gasteiger charge is 2.24. The van der Waals surface area contributed by atoms with E-state index in [4.69, 9.17) is 5.26 Å². The number of hydrogen-bond acceptors (Lipinski definition) is 1. The van der Waals surface area contributed by atoms with Gasteiger partial charge in [0, 0.05) is 0 Å². The Morgan fingerprint density at radius 3 is 2.20 bits per heavy atom. The normalized spacial score (nSPS) is 19.8. The Hall–Kier alpha value is -2.92. The van der Waals surface area contributed by atoms with E-state index in [1.165, 1.54) is 49.3 Å². The first-order chi connectivity index (χ1) is 14.6. The minimum absolute atomic E-state index is 0.0914. The molecule has 4 rings (SSSR count). The van der Waals surface area contributed by atoms with Crippen molar-refractivity contribution in [3.05, 3.63) is 95.3 Å². The summed E-state index contributed by atoms with van der Waals surface area (Å²) in [6.07, 6.45) is 6.36. The number of halogens is 1. The zero-order valence-corrected chi connectivity index (χ0v) is 17.5. The first kappa shape index (κ1) is 20.4. The molecule has 0 heterocycles. The molecule has 0 bridgehead atoms. The van der Waals surface area contributed by atoms with Crippen LogP contribution < -0.4 is 0 Å². The lowest BCUT2D eigenvalue weighted by Gasteiger charge is -2.30. The van der Waals surface area contributed by atoms with Crippen LogP contribution in [0.2, 0.25) is 0 Å². The van der Waals surface area contributed by atoms with Crippen molar-refractivity contribution < 1.29 is 4.39 Å². The average molecular weight is 398 g/mol. The number of benzene rings is 3. The lowest BCUT2D eigenvalue weighted by atomic mass is 9.75. The molecule has 1 atom stereocenters. The highest BCUT2D eigenvalue weighted by Crippen LogP contribution is 2.40. The Morgan fingerprint density at radius 2 is 1.57 bits per heavy atom. The predicted octanol–water partition coefficient (Wildman–Crippen LogP) is 7.83. The molecule has 0 radical (unpaired) electrons. The highest BCUT2D eigenvalue weighted by molar-refractivity contribution is 5.65. The molecule has 1 fully saturated rings. The van der Waals surface area contributed by atoms with Gasteiger partial charge in [0.05, 0.1) is 5.56 Å². The monoisotopic (exact) mass is 397 g/mol. The molecule has 1 nitrogen and oxygen atoms in total. The Labute approximate surface area is 179 Å². The molecule has 1 aliphatic rings. The molecule has 0 saturated heterocycles. The quantitative estimate of drug-likeness (QED) is 0.430. The van der Waals surface area contributed by atoms with Gasteiger partial charge in [0.25, 0.3) is 0 Å². The minimum atomic E-state index is -0.456. The van der Waals surface area contributed by atoms with Crippen LogP contribution in [0.1, 0.15) is 67.6 Å². The highest BCUT2D eigenvalue weighted by atomic mass is 19.1. The summed E-state index contributed by atoms with van der Waals surface area (Å²) in [5.74, 6) is 1.61. The van der Waals surface area contributed by atoms with Gasteiger partial charge >= 0.3 is 0 Å². The van der Waals surface area contributed by atoms with Crippen LogP contribution in [0.25, 0.3) is 11.1 Å². The van der Waals surface area contributed by atoms with Crippen molar-refractivity contribution in [3.63, 3.8) is 0 Å². The molecule has 152 valence electrons. The number of nitrogens with zero attached hydrogens (tertiary/aromatic N) is 1. The molecular weight excluding hydrogens is 369 g/mol. The van der Waals surface area contributed by atoms with E-state index in [-0.39, 0.29) is 5.56 Å². The van der Waals surface area contributed by atoms with Gasteiger partial charge in [-0.05, 0) is 84.2 Å². The van der Waals surface area contributed by atoms with Crippen molar-refractivity contribution >= 4 is 0 Å². The summed E-state index contributed by atoms with van der Waals surface area (Å²) < 4.78 is 13.9. The number of nitriles is 1. The Morgan fingerprint density at radius 1 is 0.900 bits per heavy atom. The lowest BCUT2D eigenvalue weighted by Crippen LogP contribution is -2.15. The second-order valence-electron chi connectivity index (χ2n) is 8.69. The van der Waals surface area contributed by atoms with Gasteiger partial charge in [-0.2, -0.15) is 5.26 Å². The van der Waals surface area contributed by atoms with Crippen LogP contribution in [0.3, 0.4) is 0 Å². The third kappa shape index (κ3) is 4.62. The fraction of sp³-hybridized carbons (Fsp3) is 0.321. The molecule has 1 aliphatic carbocycles. The summed E-state index contributed by atoms with van der Waals surface area (Å²) in [4.78, 5) is 0. The zero-order valence-electron chi connectivity index (χ0n) is 17.5. The van der Waals surface area contributed by atoms with Gasteiger partial charge in [-0.15, -0.1) is 0 Å². The van der Waals surface area contributed by atoms with Crippen molar-refractivity contribution in [2.45, 2.75) is 50.9 Å². The summed E-state index contributed by atoms with van der Waals surface area (Å²) >= 11 is 0. The van der Waals surface area contributed by atoms with Crippen LogP contribution in [0.15, 0.2) is 72.8 Å². The van der Waals surface area contributed by atoms with E-state index in [1.807, 2.05) is 12.1 Å². The van der Waals surface area contributed by atoms with Gasteiger partial charge < -0.3 is 0 Å². The third-order valence-corrected chi connectivity index (χ3v) is 6.71. The van der Waals surface area contributed by atoms with E-state index in [9.17, 15) is 4.39 Å². The smallest absolute Gasteiger partial charge is 0.141 e. The van der Waals surface area contributed by atoms with E-state index in [1.54, 1.807) is 6.07 Å². The largest absolute Gasteiger partial charge is 0.206 e. The zero-order chi connectivity index (χ0) is 20.9. The summed E-state index contributed by atoms with van der Waals surface area (Å²) in [5.41, 5.74) is 4.75.